The summed E-state index contributed by atoms with van der Waals surface area (Å²) in [4.78, 5) is 34.1. The second kappa shape index (κ2) is 8.47. The highest BCUT2D eigenvalue weighted by atomic mass is 16.1. The summed E-state index contributed by atoms with van der Waals surface area (Å²) in [5.41, 5.74) is 3.81. The van der Waals surface area contributed by atoms with Crippen molar-refractivity contribution >= 4 is 28.2 Å². The topological polar surface area (TPSA) is 78.1 Å². The van der Waals surface area contributed by atoms with E-state index >= 15 is 0 Å². The van der Waals surface area contributed by atoms with E-state index in [1.807, 2.05) is 30.3 Å². The van der Waals surface area contributed by atoms with Crippen LogP contribution in [0.2, 0.25) is 0 Å². The summed E-state index contributed by atoms with van der Waals surface area (Å²) in [5.74, 6) is 0.591. The first-order valence-corrected chi connectivity index (χ1v) is 10.2. The van der Waals surface area contributed by atoms with Crippen molar-refractivity contribution in [2.24, 2.45) is 0 Å². The van der Waals surface area contributed by atoms with Crippen molar-refractivity contribution < 1.29 is 4.79 Å². The summed E-state index contributed by atoms with van der Waals surface area (Å²) in [6, 6.07) is 13.4. The molecule has 1 aromatic heterocycles. The zero-order valence-corrected chi connectivity index (χ0v) is 16.7. The number of nitrogens with one attached hydrogen (secondary N) is 2. The number of anilines is 2. The SMILES string of the molecule is Cc1cc(NC(=O)CCCc2nc3ccccc3c(=O)[nH]2)ccc1N1CCCC1. The predicted octanol–water partition coefficient (Wildman–Crippen LogP) is 3.79. The summed E-state index contributed by atoms with van der Waals surface area (Å²) in [6.45, 7) is 4.31. The minimum Gasteiger partial charge on any atom is -0.371 e. The van der Waals surface area contributed by atoms with Gasteiger partial charge in [-0.25, -0.2) is 4.98 Å². The summed E-state index contributed by atoms with van der Waals surface area (Å²) in [7, 11) is 0. The number of carbonyl (C=O) groups excluding carboxylic acids is 1. The highest BCUT2D eigenvalue weighted by molar-refractivity contribution is 5.91. The van der Waals surface area contributed by atoms with Gasteiger partial charge in [0.2, 0.25) is 5.91 Å². The number of aromatic nitrogens is 2. The van der Waals surface area contributed by atoms with E-state index in [2.05, 4.69) is 33.2 Å². The molecule has 0 aliphatic carbocycles. The quantitative estimate of drug-likeness (QED) is 0.671. The highest BCUT2D eigenvalue weighted by Crippen LogP contribution is 2.26. The molecule has 0 bridgehead atoms. The number of hydrogen-bond donors (Lipinski definition) is 2. The van der Waals surface area contributed by atoms with Gasteiger partial charge in [-0.2, -0.15) is 0 Å². The zero-order chi connectivity index (χ0) is 20.2. The maximum absolute atomic E-state index is 12.3. The predicted molar refractivity (Wildman–Crippen MR) is 117 cm³/mol. The van der Waals surface area contributed by atoms with E-state index in [1.165, 1.54) is 24.1 Å². The Labute approximate surface area is 170 Å². The lowest BCUT2D eigenvalue weighted by atomic mass is 10.1. The molecule has 2 N–H and O–H groups in total. The molecular weight excluding hydrogens is 364 g/mol. The summed E-state index contributed by atoms with van der Waals surface area (Å²) in [6.07, 6.45) is 4.05. The second-order valence-electron chi connectivity index (χ2n) is 7.63. The standard InChI is InChI=1S/C23H26N4O2/c1-16-15-17(11-12-20(16)27-13-4-5-14-27)24-22(28)10-6-9-21-25-19-8-3-2-7-18(19)23(29)26-21/h2-3,7-8,11-12,15H,4-6,9-10,13-14H2,1H3,(H,24,28)(H,25,26,29). The Morgan fingerprint density at radius 1 is 1.17 bits per heavy atom. The Morgan fingerprint density at radius 2 is 1.97 bits per heavy atom. The molecule has 1 aliphatic rings. The van der Waals surface area contributed by atoms with Crippen molar-refractivity contribution in [3.05, 3.63) is 64.2 Å². The number of benzene rings is 2. The number of aryl methyl sites for hydroxylation is 2. The summed E-state index contributed by atoms with van der Waals surface area (Å²) >= 11 is 0. The van der Waals surface area contributed by atoms with E-state index in [-0.39, 0.29) is 11.5 Å². The number of carbonyl (C=O) groups is 1. The van der Waals surface area contributed by atoms with E-state index in [0.717, 1.165) is 18.8 Å². The van der Waals surface area contributed by atoms with Crippen LogP contribution in [0.4, 0.5) is 11.4 Å². The Hall–Kier alpha value is -3.15. The first-order chi connectivity index (χ1) is 14.1. The number of rotatable bonds is 6. The number of aromatic amines is 1. The summed E-state index contributed by atoms with van der Waals surface area (Å²) in [5, 5.41) is 3.56. The normalized spacial score (nSPS) is 13.8. The van der Waals surface area contributed by atoms with Gasteiger partial charge < -0.3 is 15.2 Å². The van der Waals surface area contributed by atoms with E-state index < -0.39 is 0 Å². The van der Waals surface area contributed by atoms with Gasteiger partial charge in [0.05, 0.1) is 10.9 Å². The third kappa shape index (κ3) is 4.47. The van der Waals surface area contributed by atoms with Crippen molar-refractivity contribution in [1.29, 1.82) is 0 Å². The number of amides is 1. The van der Waals surface area contributed by atoms with Gasteiger partial charge in [0.25, 0.3) is 5.56 Å². The molecule has 0 atom stereocenters. The molecule has 1 amide bonds. The Morgan fingerprint density at radius 3 is 2.76 bits per heavy atom. The van der Waals surface area contributed by atoms with Crippen LogP contribution >= 0.6 is 0 Å². The fourth-order valence-electron chi connectivity index (χ4n) is 3.94. The van der Waals surface area contributed by atoms with Crippen LogP contribution in [0.3, 0.4) is 0 Å². The van der Waals surface area contributed by atoms with Crippen LogP contribution in [0.15, 0.2) is 47.3 Å². The van der Waals surface area contributed by atoms with Gasteiger partial charge in [-0.3, -0.25) is 9.59 Å². The number of nitrogens with zero attached hydrogens (tertiary/aromatic N) is 2. The molecule has 1 aliphatic heterocycles. The van der Waals surface area contributed by atoms with Gasteiger partial charge in [0.1, 0.15) is 5.82 Å². The second-order valence-corrected chi connectivity index (χ2v) is 7.63. The van der Waals surface area contributed by atoms with Crippen molar-refractivity contribution in [1.82, 2.24) is 9.97 Å². The maximum atomic E-state index is 12.3. The smallest absolute Gasteiger partial charge is 0.258 e. The van der Waals surface area contributed by atoms with Gasteiger partial charge in [-0.15, -0.1) is 0 Å². The van der Waals surface area contributed by atoms with E-state index in [0.29, 0.717) is 36.0 Å². The third-order valence-electron chi connectivity index (χ3n) is 5.41. The minimum atomic E-state index is -0.136. The molecule has 2 heterocycles. The lowest BCUT2D eigenvalue weighted by Crippen LogP contribution is -2.19. The number of hydrogen-bond acceptors (Lipinski definition) is 4. The molecule has 1 fully saturated rings. The molecule has 3 aromatic rings. The summed E-state index contributed by atoms with van der Waals surface area (Å²) < 4.78 is 0. The largest absolute Gasteiger partial charge is 0.371 e. The number of H-pyrrole nitrogens is 1. The van der Waals surface area contributed by atoms with Crippen molar-refractivity contribution in [3.63, 3.8) is 0 Å². The maximum Gasteiger partial charge on any atom is 0.258 e. The van der Waals surface area contributed by atoms with Crippen molar-refractivity contribution in [2.75, 3.05) is 23.3 Å². The lowest BCUT2D eigenvalue weighted by molar-refractivity contribution is -0.116. The van der Waals surface area contributed by atoms with Crippen molar-refractivity contribution in [2.45, 2.75) is 39.0 Å². The molecule has 0 radical (unpaired) electrons. The van der Waals surface area contributed by atoms with Crippen LogP contribution in [0, 0.1) is 6.92 Å². The van der Waals surface area contributed by atoms with Crippen molar-refractivity contribution in [3.8, 4) is 0 Å². The molecule has 4 rings (SSSR count). The van der Waals surface area contributed by atoms with Crippen LogP contribution < -0.4 is 15.8 Å². The third-order valence-corrected chi connectivity index (χ3v) is 5.41. The van der Waals surface area contributed by atoms with Gasteiger partial charge >= 0.3 is 0 Å². The molecular formula is C23H26N4O2. The first kappa shape index (κ1) is 19.2. The van der Waals surface area contributed by atoms with E-state index in [4.69, 9.17) is 0 Å². The fraction of sp³-hybridized carbons (Fsp3) is 0.348. The van der Waals surface area contributed by atoms with Crippen LogP contribution in [0.25, 0.3) is 10.9 Å². The number of fused-ring (bicyclic) bond motifs is 1. The Bertz CT molecular complexity index is 1080. The van der Waals surface area contributed by atoms with Gasteiger partial charge in [-0.05, 0) is 62.1 Å². The molecule has 2 aromatic carbocycles. The molecule has 6 heteroatoms. The van der Waals surface area contributed by atoms with Gasteiger partial charge in [-0.1, -0.05) is 12.1 Å². The molecule has 150 valence electrons. The highest BCUT2D eigenvalue weighted by Gasteiger charge is 2.14. The average Bonchev–Trinajstić information content (AvgIpc) is 3.23. The zero-order valence-electron chi connectivity index (χ0n) is 16.7. The Kier molecular flexibility index (Phi) is 5.60. The van der Waals surface area contributed by atoms with E-state index in [1.54, 1.807) is 6.07 Å². The molecule has 1 saturated heterocycles. The average molecular weight is 390 g/mol. The monoisotopic (exact) mass is 390 g/mol. The van der Waals surface area contributed by atoms with Gasteiger partial charge in [0.15, 0.2) is 0 Å². The fourth-order valence-corrected chi connectivity index (χ4v) is 3.94. The van der Waals surface area contributed by atoms with Crippen LogP contribution in [0.1, 0.15) is 37.1 Å². The molecule has 0 unspecified atom stereocenters. The Balaban J connectivity index is 1.32. The number of para-hydroxylation sites is 1. The van der Waals surface area contributed by atoms with Crippen LogP contribution in [-0.4, -0.2) is 29.0 Å². The molecule has 0 saturated carbocycles. The molecule has 6 nitrogen and oxygen atoms in total. The minimum absolute atomic E-state index is 0.0264. The first-order valence-electron chi connectivity index (χ1n) is 10.2. The lowest BCUT2D eigenvalue weighted by Gasteiger charge is -2.20. The van der Waals surface area contributed by atoms with Crippen LogP contribution in [-0.2, 0) is 11.2 Å². The van der Waals surface area contributed by atoms with Gasteiger partial charge in [0, 0.05) is 37.3 Å². The molecule has 29 heavy (non-hydrogen) atoms. The van der Waals surface area contributed by atoms with Crippen LogP contribution in [0.5, 0.6) is 0 Å². The van der Waals surface area contributed by atoms with E-state index in [9.17, 15) is 9.59 Å². The molecule has 0 spiro atoms.